The molecule has 8 heteroatoms. The van der Waals surface area contributed by atoms with Crippen molar-refractivity contribution in [1.82, 2.24) is 0 Å². The second kappa shape index (κ2) is 7.37. The topological polar surface area (TPSA) is 93.8 Å². The van der Waals surface area contributed by atoms with Gasteiger partial charge in [0.25, 0.3) is 11.6 Å². The Labute approximate surface area is 136 Å². The zero-order chi connectivity index (χ0) is 16.8. The number of carbonyl (C=O) groups excluding carboxylic acids is 1. The highest BCUT2D eigenvalue weighted by Gasteiger charge is 2.14. The van der Waals surface area contributed by atoms with Gasteiger partial charge in [0.1, 0.15) is 11.4 Å². The first-order chi connectivity index (χ1) is 11.0. The minimum atomic E-state index is -0.552. The summed E-state index contributed by atoms with van der Waals surface area (Å²) >= 11 is 5.84. The summed E-state index contributed by atoms with van der Waals surface area (Å²) in [6, 6.07) is 12.4. The van der Waals surface area contributed by atoms with Crippen molar-refractivity contribution in [1.29, 1.82) is 0 Å². The standard InChI is InChI=1S/C15H12ClN3O4/c1-10(20)15(23-12-6-4-5-11(16)9-12)18-17-13-7-2-3-8-14(13)19(21)22/h2-9,17H,1H3/b18-15+. The fraction of sp³-hybridized carbons (Fsp3) is 0.0667. The van der Waals surface area contributed by atoms with Gasteiger partial charge in [0.15, 0.2) is 0 Å². The van der Waals surface area contributed by atoms with Crippen LogP contribution >= 0.6 is 11.6 Å². The van der Waals surface area contributed by atoms with Crippen molar-refractivity contribution in [3.8, 4) is 5.75 Å². The van der Waals surface area contributed by atoms with E-state index in [1.807, 2.05) is 0 Å². The molecule has 0 fully saturated rings. The maximum absolute atomic E-state index is 11.6. The highest BCUT2D eigenvalue weighted by molar-refractivity contribution is 6.36. The number of hydrazone groups is 1. The predicted octanol–water partition coefficient (Wildman–Crippen LogP) is 3.64. The highest BCUT2D eigenvalue weighted by atomic mass is 35.5. The maximum Gasteiger partial charge on any atom is 0.294 e. The average molecular weight is 334 g/mol. The van der Waals surface area contributed by atoms with Crippen molar-refractivity contribution in [3.05, 3.63) is 63.7 Å². The van der Waals surface area contributed by atoms with Crippen LogP contribution < -0.4 is 10.2 Å². The molecule has 0 heterocycles. The van der Waals surface area contributed by atoms with Crippen LogP contribution in [0.5, 0.6) is 5.75 Å². The van der Waals surface area contributed by atoms with Crippen LogP contribution in [0.4, 0.5) is 11.4 Å². The molecule has 7 nitrogen and oxygen atoms in total. The van der Waals surface area contributed by atoms with Crippen LogP contribution in [-0.4, -0.2) is 16.6 Å². The van der Waals surface area contributed by atoms with Crippen molar-refractivity contribution in [2.75, 3.05) is 5.43 Å². The molecular weight excluding hydrogens is 322 g/mol. The normalized spacial score (nSPS) is 11.0. The van der Waals surface area contributed by atoms with Gasteiger partial charge in [-0.25, -0.2) is 0 Å². The number of hydrogen-bond acceptors (Lipinski definition) is 6. The first kappa shape index (κ1) is 16.4. The van der Waals surface area contributed by atoms with Crippen LogP contribution in [-0.2, 0) is 4.79 Å². The summed E-state index contributed by atoms with van der Waals surface area (Å²) in [4.78, 5) is 22.0. The molecule has 23 heavy (non-hydrogen) atoms. The molecule has 0 aliphatic rings. The van der Waals surface area contributed by atoms with Gasteiger partial charge in [0, 0.05) is 18.0 Å². The Kier molecular flexibility index (Phi) is 5.27. The lowest BCUT2D eigenvalue weighted by Gasteiger charge is -2.07. The van der Waals surface area contributed by atoms with E-state index in [1.54, 1.807) is 24.3 Å². The Balaban J connectivity index is 2.23. The molecule has 0 amide bonds. The molecule has 118 valence electrons. The first-order valence-electron chi connectivity index (χ1n) is 6.49. The number of carbonyl (C=O) groups is 1. The van der Waals surface area contributed by atoms with Gasteiger partial charge in [-0.3, -0.25) is 20.3 Å². The molecule has 2 aromatic carbocycles. The fourth-order valence-electron chi connectivity index (χ4n) is 1.65. The fourth-order valence-corrected chi connectivity index (χ4v) is 1.83. The molecule has 0 aliphatic heterocycles. The van der Waals surface area contributed by atoms with Gasteiger partial charge in [-0.2, -0.15) is 0 Å². The molecule has 0 atom stereocenters. The third-order valence-electron chi connectivity index (χ3n) is 2.69. The van der Waals surface area contributed by atoms with Crippen LogP contribution in [0.3, 0.4) is 0 Å². The van der Waals surface area contributed by atoms with E-state index in [-0.39, 0.29) is 17.3 Å². The van der Waals surface area contributed by atoms with Gasteiger partial charge in [0.05, 0.1) is 4.92 Å². The summed E-state index contributed by atoms with van der Waals surface area (Å²) in [7, 11) is 0. The summed E-state index contributed by atoms with van der Waals surface area (Å²) in [5.41, 5.74) is 2.46. The SMILES string of the molecule is CC(=O)/C(=N\Nc1ccccc1[N+](=O)[O-])Oc1cccc(Cl)c1. The second-order valence-electron chi connectivity index (χ2n) is 4.42. The van der Waals surface area contributed by atoms with E-state index in [0.29, 0.717) is 10.8 Å². The quantitative estimate of drug-likeness (QED) is 0.390. The van der Waals surface area contributed by atoms with Crippen LogP contribution in [0, 0.1) is 10.1 Å². The van der Waals surface area contributed by atoms with E-state index < -0.39 is 10.7 Å². The summed E-state index contributed by atoms with van der Waals surface area (Å²) in [5.74, 6) is -0.364. The van der Waals surface area contributed by atoms with Gasteiger partial charge in [-0.15, -0.1) is 5.10 Å². The van der Waals surface area contributed by atoms with E-state index in [1.165, 1.54) is 31.2 Å². The van der Waals surface area contributed by atoms with Gasteiger partial charge >= 0.3 is 0 Å². The van der Waals surface area contributed by atoms with Crippen molar-refractivity contribution in [3.63, 3.8) is 0 Å². The van der Waals surface area contributed by atoms with Crippen molar-refractivity contribution in [2.24, 2.45) is 5.10 Å². The molecule has 0 spiro atoms. The van der Waals surface area contributed by atoms with Crippen molar-refractivity contribution >= 4 is 34.7 Å². The highest BCUT2D eigenvalue weighted by Crippen LogP contribution is 2.23. The molecular formula is C15H12ClN3O4. The monoisotopic (exact) mass is 333 g/mol. The zero-order valence-corrected chi connectivity index (χ0v) is 12.8. The number of benzene rings is 2. The number of halogens is 1. The van der Waals surface area contributed by atoms with Gasteiger partial charge in [0.2, 0.25) is 5.78 Å². The third kappa shape index (κ3) is 4.52. The molecule has 0 radical (unpaired) electrons. The van der Waals surface area contributed by atoms with Crippen molar-refractivity contribution in [2.45, 2.75) is 6.92 Å². The number of rotatable bonds is 5. The minimum Gasteiger partial charge on any atom is -0.435 e. The maximum atomic E-state index is 11.6. The zero-order valence-electron chi connectivity index (χ0n) is 12.0. The second-order valence-corrected chi connectivity index (χ2v) is 4.86. The van der Waals surface area contributed by atoms with Crippen LogP contribution in [0.25, 0.3) is 0 Å². The number of nitro groups is 1. The van der Waals surface area contributed by atoms with E-state index in [0.717, 1.165) is 0 Å². The Hall–Kier alpha value is -2.93. The first-order valence-corrected chi connectivity index (χ1v) is 6.86. The molecule has 0 saturated heterocycles. The van der Waals surface area contributed by atoms with Crippen LogP contribution in [0.2, 0.25) is 5.02 Å². The number of Topliss-reactive ketones (excluding diaryl/α,β-unsaturated/α-hetero) is 1. The Morgan fingerprint density at radius 3 is 2.65 bits per heavy atom. The lowest BCUT2D eigenvalue weighted by molar-refractivity contribution is -0.384. The Bertz CT molecular complexity index is 777. The number of hydrogen-bond donors (Lipinski definition) is 1. The summed E-state index contributed by atoms with van der Waals surface area (Å²) < 4.78 is 5.36. The minimum absolute atomic E-state index is 0.144. The molecule has 0 unspecified atom stereocenters. The predicted molar refractivity (Wildman–Crippen MR) is 86.9 cm³/mol. The molecule has 0 bridgehead atoms. The Morgan fingerprint density at radius 1 is 1.26 bits per heavy atom. The third-order valence-corrected chi connectivity index (χ3v) is 2.93. The number of nitrogens with zero attached hydrogens (tertiary/aromatic N) is 2. The molecule has 2 aromatic rings. The summed E-state index contributed by atoms with van der Waals surface area (Å²) in [6.07, 6.45) is 0. The lowest BCUT2D eigenvalue weighted by Crippen LogP contribution is -2.19. The number of ketones is 1. The Morgan fingerprint density at radius 2 is 2.00 bits per heavy atom. The van der Waals surface area contributed by atoms with E-state index in [9.17, 15) is 14.9 Å². The molecule has 0 aliphatic carbocycles. The average Bonchev–Trinajstić information content (AvgIpc) is 2.51. The number of para-hydroxylation sites is 2. The number of nitro benzene ring substituents is 1. The lowest BCUT2D eigenvalue weighted by atomic mass is 10.3. The smallest absolute Gasteiger partial charge is 0.294 e. The largest absolute Gasteiger partial charge is 0.435 e. The number of anilines is 1. The van der Waals surface area contributed by atoms with Crippen LogP contribution in [0.1, 0.15) is 6.92 Å². The van der Waals surface area contributed by atoms with Crippen molar-refractivity contribution < 1.29 is 14.5 Å². The molecule has 2 rings (SSSR count). The molecule has 1 N–H and O–H groups in total. The summed E-state index contributed by atoms with van der Waals surface area (Å²) in [6.45, 7) is 1.27. The summed E-state index contributed by atoms with van der Waals surface area (Å²) in [5, 5.41) is 15.2. The number of nitrogens with one attached hydrogen (secondary N) is 1. The van der Waals surface area contributed by atoms with E-state index in [2.05, 4.69) is 10.5 Å². The van der Waals surface area contributed by atoms with Gasteiger partial charge in [-0.05, 0) is 24.3 Å². The van der Waals surface area contributed by atoms with E-state index in [4.69, 9.17) is 16.3 Å². The number of ether oxygens (including phenoxy) is 1. The molecule has 0 saturated carbocycles. The van der Waals surface area contributed by atoms with Crippen LogP contribution in [0.15, 0.2) is 53.6 Å². The van der Waals surface area contributed by atoms with Gasteiger partial charge < -0.3 is 4.74 Å². The van der Waals surface area contributed by atoms with Gasteiger partial charge in [-0.1, -0.05) is 29.8 Å². The van der Waals surface area contributed by atoms with E-state index >= 15 is 0 Å². The molecule has 0 aromatic heterocycles.